The van der Waals surface area contributed by atoms with Gasteiger partial charge in [-0.25, -0.2) is 4.39 Å². The fraction of sp³-hybridized carbons (Fsp3) is 0.333. The quantitative estimate of drug-likeness (QED) is 0.868. The van der Waals surface area contributed by atoms with E-state index in [4.69, 9.17) is 15.0 Å². The van der Waals surface area contributed by atoms with Crippen LogP contribution in [0.5, 0.6) is 0 Å². The van der Waals surface area contributed by atoms with Crippen molar-refractivity contribution in [3.63, 3.8) is 0 Å². The smallest absolute Gasteiger partial charge is 0.234 e. The average Bonchev–Trinajstić information content (AvgIpc) is 2.97. The summed E-state index contributed by atoms with van der Waals surface area (Å²) in [6.45, 7) is 0.967. The molecule has 1 saturated heterocycles. The number of ether oxygens (including phenoxy) is 1. The second-order valence-corrected chi connectivity index (χ2v) is 4.27. The molecular formula is C12H12FN3O2. The predicted octanol–water partition coefficient (Wildman–Crippen LogP) is 1.32. The standard InChI is InChI=1S/C12H12FN3O2/c13-8-3-1-2-7(4-8)11-15-12(18-16-11)9-5-17-6-10(9)14/h1-4,9-10H,5-6,14H2. The Morgan fingerprint density at radius 2 is 2.22 bits per heavy atom. The largest absolute Gasteiger partial charge is 0.379 e. The minimum atomic E-state index is -0.334. The Morgan fingerprint density at radius 3 is 2.94 bits per heavy atom. The number of nitrogens with two attached hydrogens (primary N) is 1. The minimum absolute atomic E-state index is 0.0835. The van der Waals surface area contributed by atoms with Crippen molar-refractivity contribution < 1.29 is 13.7 Å². The van der Waals surface area contributed by atoms with Crippen LogP contribution in [-0.2, 0) is 4.74 Å². The number of hydrogen-bond acceptors (Lipinski definition) is 5. The minimum Gasteiger partial charge on any atom is -0.379 e. The monoisotopic (exact) mass is 249 g/mol. The van der Waals surface area contributed by atoms with Crippen molar-refractivity contribution in [1.29, 1.82) is 0 Å². The molecule has 1 aliphatic heterocycles. The molecule has 3 rings (SSSR count). The molecule has 1 aromatic carbocycles. The molecule has 2 heterocycles. The number of aromatic nitrogens is 2. The summed E-state index contributed by atoms with van der Waals surface area (Å²) in [6, 6.07) is 5.92. The highest BCUT2D eigenvalue weighted by Gasteiger charge is 2.31. The second-order valence-electron chi connectivity index (χ2n) is 4.27. The zero-order valence-electron chi connectivity index (χ0n) is 9.54. The van der Waals surface area contributed by atoms with Crippen LogP contribution in [0, 0.1) is 5.82 Å². The molecule has 0 radical (unpaired) electrons. The second kappa shape index (κ2) is 4.47. The number of rotatable bonds is 2. The molecule has 1 aliphatic rings. The Bertz CT molecular complexity index is 558. The van der Waals surface area contributed by atoms with E-state index in [0.717, 1.165) is 0 Å². The summed E-state index contributed by atoms with van der Waals surface area (Å²) < 4.78 is 23.5. The van der Waals surface area contributed by atoms with E-state index in [0.29, 0.717) is 30.5 Å². The van der Waals surface area contributed by atoms with E-state index in [1.807, 2.05) is 0 Å². The maximum absolute atomic E-state index is 13.1. The zero-order valence-corrected chi connectivity index (χ0v) is 9.54. The first-order valence-corrected chi connectivity index (χ1v) is 5.67. The fourth-order valence-corrected chi connectivity index (χ4v) is 1.96. The number of nitrogens with zero attached hydrogens (tertiary/aromatic N) is 2. The van der Waals surface area contributed by atoms with Crippen LogP contribution in [0.1, 0.15) is 11.8 Å². The maximum atomic E-state index is 13.1. The molecule has 1 fully saturated rings. The molecule has 6 heteroatoms. The van der Waals surface area contributed by atoms with Crippen molar-refractivity contribution in [2.24, 2.45) is 5.73 Å². The predicted molar refractivity (Wildman–Crippen MR) is 61.2 cm³/mol. The molecule has 1 aromatic heterocycles. The van der Waals surface area contributed by atoms with Crippen LogP contribution in [0.3, 0.4) is 0 Å². The van der Waals surface area contributed by atoms with Crippen molar-refractivity contribution in [2.45, 2.75) is 12.0 Å². The van der Waals surface area contributed by atoms with E-state index in [-0.39, 0.29) is 17.8 Å². The van der Waals surface area contributed by atoms with Gasteiger partial charge in [-0.05, 0) is 12.1 Å². The molecule has 2 unspecified atom stereocenters. The van der Waals surface area contributed by atoms with Crippen LogP contribution in [0.4, 0.5) is 4.39 Å². The summed E-state index contributed by atoms with van der Waals surface area (Å²) in [4.78, 5) is 4.25. The first-order chi connectivity index (χ1) is 8.74. The lowest BCUT2D eigenvalue weighted by Gasteiger charge is -2.06. The van der Waals surface area contributed by atoms with Gasteiger partial charge in [0.15, 0.2) is 0 Å². The summed E-state index contributed by atoms with van der Waals surface area (Å²) >= 11 is 0. The van der Waals surface area contributed by atoms with Crippen LogP contribution in [0.15, 0.2) is 28.8 Å². The van der Waals surface area contributed by atoms with Gasteiger partial charge in [-0.1, -0.05) is 17.3 Å². The van der Waals surface area contributed by atoms with E-state index >= 15 is 0 Å². The lowest BCUT2D eigenvalue weighted by atomic mass is 10.1. The van der Waals surface area contributed by atoms with Crippen LogP contribution >= 0.6 is 0 Å². The van der Waals surface area contributed by atoms with Gasteiger partial charge in [0.05, 0.1) is 19.1 Å². The van der Waals surface area contributed by atoms with Gasteiger partial charge in [0, 0.05) is 11.6 Å². The molecule has 0 bridgehead atoms. The van der Waals surface area contributed by atoms with Crippen LogP contribution in [0.2, 0.25) is 0 Å². The van der Waals surface area contributed by atoms with E-state index in [1.54, 1.807) is 12.1 Å². The van der Waals surface area contributed by atoms with Gasteiger partial charge in [0.1, 0.15) is 5.82 Å². The van der Waals surface area contributed by atoms with Crippen molar-refractivity contribution in [2.75, 3.05) is 13.2 Å². The number of halogens is 1. The molecule has 5 nitrogen and oxygen atoms in total. The Hall–Kier alpha value is -1.79. The van der Waals surface area contributed by atoms with Gasteiger partial charge < -0.3 is 15.0 Å². The SMILES string of the molecule is NC1COCC1c1nc(-c2cccc(F)c2)no1. The Labute approximate surface area is 103 Å². The van der Waals surface area contributed by atoms with Gasteiger partial charge in [-0.3, -0.25) is 0 Å². The topological polar surface area (TPSA) is 74.2 Å². The molecule has 94 valence electrons. The third kappa shape index (κ3) is 2.00. The van der Waals surface area contributed by atoms with Gasteiger partial charge in [-0.2, -0.15) is 4.98 Å². The van der Waals surface area contributed by atoms with Gasteiger partial charge >= 0.3 is 0 Å². The molecule has 0 amide bonds. The van der Waals surface area contributed by atoms with Gasteiger partial charge in [0.2, 0.25) is 11.7 Å². The molecule has 0 saturated carbocycles. The Balaban J connectivity index is 1.89. The van der Waals surface area contributed by atoms with Gasteiger partial charge in [-0.15, -0.1) is 0 Å². The zero-order chi connectivity index (χ0) is 12.5. The fourth-order valence-electron chi connectivity index (χ4n) is 1.96. The van der Waals surface area contributed by atoms with E-state index in [1.165, 1.54) is 12.1 Å². The average molecular weight is 249 g/mol. The normalized spacial score (nSPS) is 23.4. The van der Waals surface area contributed by atoms with Crippen molar-refractivity contribution in [1.82, 2.24) is 10.1 Å². The third-order valence-corrected chi connectivity index (χ3v) is 2.97. The summed E-state index contributed by atoms with van der Waals surface area (Å²) in [6.07, 6.45) is 0. The first-order valence-electron chi connectivity index (χ1n) is 5.67. The molecule has 18 heavy (non-hydrogen) atoms. The first kappa shape index (κ1) is 11.3. The summed E-state index contributed by atoms with van der Waals surface area (Å²) in [5.74, 6) is 0.391. The summed E-state index contributed by atoms with van der Waals surface area (Å²) in [5, 5.41) is 3.84. The van der Waals surface area contributed by atoms with Crippen LogP contribution in [0.25, 0.3) is 11.4 Å². The lowest BCUT2D eigenvalue weighted by molar-refractivity contribution is 0.187. The highest BCUT2D eigenvalue weighted by molar-refractivity contribution is 5.53. The molecule has 2 aromatic rings. The van der Waals surface area contributed by atoms with E-state index in [2.05, 4.69) is 10.1 Å². The highest BCUT2D eigenvalue weighted by atomic mass is 19.1. The van der Waals surface area contributed by atoms with Crippen LogP contribution < -0.4 is 5.73 Å². The summed E-state index contributed by atoms with van der Waals surface area (Å²) in [5.41, 5.74) is 6.45. The maximum Gasteiger partial charge on any atom is 0.234 e. The van der Waals surface area contributed by atoms with Crippen molar-refractivity contribution in [3.05, 3.63) is 36.0 Å². The Kier molecular flexibility index (Phi) is 2.81. The molecule has 0 aliphatic carbocycles. The third-order valence-electron chi connectivity index (χ3n) is 2.97. The molecular weight excluding hydrogens is 237 g/mol. The Morgan fingerprint density at radius 1 is 1.33 bits per heavy atom. The van der Waals surface area contributed by atoms with Crippen LogP contribution in [-0.4, -0.2) is 29.4 Å². The summed E-state index contributed by atoms with van der Waals surface area (Å²) in [7, 11) is 0. The molecule has 0 spiro atoms. The molecule has 2 N–H and O–H groups in total. The number of benzene rings is 1. The van der Waals surface area contributed by atoms with E-state index in [9.17, 15) is 4.39 Å². The van der Waals surface area contributed by atoms with E-state index < -0.39 is 0 Å². The van der Waals surface area contributed by atoms with Gasteiger partial charge in [0.25, 0.3) is 0 Å². The number of hydrogen-bond donors (Lipinski definition) is 1. The molecule has 2 atom stereocenters. The lowest BCUT2D eigenvalue weighted by Crippen LogP contribution is -2.26. The van der Waals surface area contributed by atoms with Crippen molar-refractivity contribution in [3.8, 4) is 11.4 Å². The van der Waals surface area contributed by atoms with Crippen molar-refractivity contribution >= 4 is 0 Å². The highest BCUT2D eigenvalue weighted by Crippen LogP contribution is 2.25.